The monoisotopic (exact) mass is 340 g/mol. The predicted molar refractivity (Wildman–Crippen MR) is 97.7 cm³/mol. The fourth-order valence-electron chi connectivity index (χ4n) is 2.85. The minimum Gasteiger partial charge on any atom is -0.465 e. The van der Waals surface area contributed by atoms with Gasteiger partial charge in [0, 0.05) is 23.1 Å². The molecule has 2 aromatic rings. The van der Waals surface area contributed by atoms with Gasteiger partial charge in [-0.05, 0) is 48.4 Å². The zero-order valence-electron chi connectivity index (χ0n) is 14.4. The van der Waals surface area contributed by atoms with Crippen LogP contribution in [-0.2, 0) is 4.74 Å². The lowest BCUT2D eigenvalue weighted by atomic mass is 10.0. The van der Waals surface area contributed by atoms with Gasteiger partial charge in [0.1, 0.15) is 5.82 Å². The highest BCUT2D eigenvalue weighted by Gasteiger charge is 2.16. The van der Waals surface area contributed by atoms with Crippen molar-refractivity contribution in [1.29, 1.82) is 0 Å². The van der Waals surface area contributed by atoms with Crippen molar-refractivity contribution in [1.82, 2.24) is 10.3 Å². The maximum atomic E-state index is 13.8. The minimum absolute atomic E-state index is 0.227. The Hall–Kier alpha value is -2.82. The van der Waals surface area contributed by atoms with E-state index in [0.717, 1.165) is 30.7 Å². The van der Waals surface area contributed by atoms with Crippen molar-refractivity contribution in [2.24, 2.45) is 0 Å². The van der Waals surface area contributed by atoms with Crippen LogP contribution in [0.1, 0.15) is 35.8 Å². The van der Waals surface area contributed by atoms with Gasteiger partial charge in [-0.1, -0.05) is 25.2 Å². The molecule has 0 bridgehead atoms. The van der Waals surface area contributed by atoms with E-state index in [-0.39, 0.29) is 5.56 Å². The second-order valence-corrected chi connectivity index (χ2v) is 5.96. The van der Waals surface area contributed by atoms with E-state index in [9.17, 15) is 9.18 Å². The molecule has 0 amide bonds. The largest absolute Gasteiger partial charge is 0.465 e. The van der Waals surface area contributed by atoms with Crippen LogP contribution in [0.4, 0.5) is 4.39 Å². The van der Waals surface area contributed by atoms with Gasteiger partial charge in [0.15, 0.2) is 0 Å². The van der Waals surface area contributed by atoms with E-state index in [2.05, 4.69) is 29.4 Å². The van der Waals surface area contributed by atoms with Crippen molar-refractivity contribution >= 4 is 22.4 Å². The molecule has 130 valence electrons. The first-order chi connectivity index (χ1) is 12.1. The van der Waals surface area contributed by atoms with E-state index in [4.69, 9.17) is 4.74 Å². The molecule has 0 unspecified atom stereocenters. The van der Waals surface area contributed by atoms with Gasteiger partial charge in [0.05, 0.1) is 12.7 Å². The highest BCUT2D eigenvalue weighted by Crippen LogP contribution is 2.29. The van der Waals surface area contributed by atoms with E-state index in [1.54, 1.807) is 0 Å². The molecule has 0 radical (unpaired) electrons. The van der Waals surface area contributed by atoms with Gasteiger partial charge in [0.2, 0.25) is 0 Å². The van der Waals surface area contributed by atoms with Gasteiger partial charge in [0.25, 0.3) is 0 Å². The summed E-state index contributed by atoms with van der Waals surface area (Å²) >= 11 is 0. The van der Waals surface area contributed by atoms with E-state index in [1.165, 1.54) is 24.8 Å². The van der Waals surface area contributed by atoms with Crippen LogP contribution < -0.4 is 5.32 Å². The smallest absolute Gasteiger partial charge is 0.338 e. The number of benzene rings is 1. The number of carbonyl (C=O) groups excluding carboxylic acids is 1. The van der Waals surface area contributed by atoms with Gasteiger partial charge in [-0.3, -0.25) is 0 Å². The number of fused-ring (bicyclic) bond motifs is 1. The number of hydrogen-bond donors (Lipinski definition) is 2. The van der Waals surface area contributed by atoms with Crippen molar-refractivity contribution in [2.45, 2.75) is 19.8 Å². The Balaban J connectivity index is 1.90. The summed E-state index contributed by atoms with van der Waals surface area (Å²) in [6, 6.07) is 4.46. The molecule has 1 aliphatic carbocycles. The third kappa shape index (κ3) is 3.65. The zero-order valence-corrected chi connectivity index (χ0v) is 14.4. The van der Waals surface area contributed by atoms with Gasteiger partial charge in [-0.2, -0.15) is 0 Å². The zero-order chi connectivity index (χ0) is 17.8. The Morgan fingerprint density at radius 2 is 2.20 bits per heavy atom. The highest BCUT2D eigenvalue weighted by molar-refractivity contribution is 6.05. The van der Waals surface area contributed by atoms with Gasteiger partial charge < -0.3 is 15.0 Å². The standard InChI is InChI=1S/C20H21FN2O2/c1-3-8-22-12-13-4-6-14(7-5-13)18-11-16-17(20(24)25-2)9-15(21)10-19(16)23-18/h4,6-7,9-12,22-23H,3,5,8H2,1-2H3. The van der Waals surface area contributed by atoms with Crippen molar-refractivity contribution in [2.75, 3.05) is 13.7 Å². The Morgan fingerprint density at radius 1 is 1.36 bits per heavy atom. The molecule has 0 fully saturated rings. The first kappa shape index (κ1) is 17.0. The topological polar surface area (TPSA) is 54.1 Å². The van der Waals surface area contributed by atoms with Crippen molar-refractivity contribution in [3.8, 4) is 0 Å². The maximum Gasteiger partial charge on any atom is 0.338 e. The third-order valence-corrected chi connectivity index (χ3v) is 4.14. The molecule has 25 heavy (non-hydrogen) atoms. The van der Waals surface area contributed by atoms with E-state index in [1.807, 2.05) is 18.3 Å². The summed E-state index contributed by atoms with van der Waals surface area (Å²) < 4.78 is 18.5. The molecular formula is C20H21FN2O2. The molecule has 5 heteroatoms. The molecular weight excluding hydrogens is 319 g/mol. The third-order valence-electron chi connectivity index (χ3n) is 4.14. The van der Waals surface area contributed by atoms with Gasteiger partial charge in [-0.25, -0.2) is 9.18 Å². The molecule has 0 saturated carbocycles. The van der Waals surface area contributed by atoms with Crippen molar-refractivity contribution < 1.29 is 13.9 Å². The Bertz CT molecular complexity index is 890. The van der Waals surface area contributed by atoms with Gasteiger partial charge in [-0.15, -0.1) is 0 Å². The normalized spacial score (nSPS) is 15.5. The molecule has 1 aromatic carbocycles. The molecule has 1 heterocycles. The quantitative estimate of drug-likeness (QED) is 0.629. The first-order valence-corrected chi connectivity index (χ1v) is 8.34. The molecule has 0 atom stereocenters. The molecule has 0 saturated heterocycles. The first-order valence-electron chi connectivity index (χ1n) is 8.34. The molecule has 4 nitrogen and oxygen atoms in total. The molecule has 3 rings (SSSR count). The highest BCUT2D eigenvalue weighted by atomic mass is 19.1. The summed E-state index contributed by atoms with van der Waals surface area (Å²) in [5.41, 5.74) is 3.87. The lowest BCUT2D eigenvalue weighted by Crippen LogP contribution is -2.06. The number of carbonyl (C=O) groups is 1. The molecule has 1 aromatic heterocycles. The van der Waals surface area contributed by atoms with Crippen molar-refractivity contribution in [3.63, 3.8) is 0 Å². The Kier molecular flexibility index (Phi) is 5.03. The summed E-state index contributed by atoms with van der Waals surface area (Å²) in [5.74, 6) is -1.02. The van der Waals surface area contributed by atoms with Crippen molar-refractivity contribution in [3.05, 3.63) is 65.3 Å². The second kappa shape index (κ2) is 7.38. The summed E-state index contributed by atoms with van der Waals surface area (Å²) in [6.07, 6.45) is 10.1. The Morgan fingerprint density at radius 3 is 2.88 bits per heavy atom. The fraction of sp³-hybridized carbons (Fsp3) is 0.250. The number of aromatic nitrogens is 1. The van der Waals surface area contributed by atoms with Crippen LogP contribution in [0.25, 0.3) is 16.5 Å². The number of nitrogens with one attached hydrogen (secondary N) is 2. The van der Waals surface area contributed by atoms with Crippen LogP contribution in [0.15, 0.2) is 48.2 Å². The average Bonchev–Trinajstić information content (AvgIpc) is 3.05. The summed E-state index contributed by atoms with van der Waals surface area (Å²) in [7, 11) is 1.29. The number of hydrogen-bond acceptors (Lipinski definition) is 3. The Labute approximate surface area is 146 Å². The SMILES string of the molecule is CCCNC=C1C=CC(c2cc3c(C(=O)OC)cc(F)cc3[nH]2)=CC1. The summed E-state index contributed by atoms with van der Waals surface area (Å²) in [4.78, 5) is 15.1. The molecule has 0 spiro atoms. The number of rotatable bonds is 5. The van der Waals surface area contributed by atoms with Crippen LogP contribution in [-0.4, -0.2) is 24.6 Å². The van der Waals surface area contributed by atoms with Crippen LogP contribution >= 0.6 is 0 Å². The van der Waals surface area contributed by atoms with Crippen LogP contribution in [0, 0.1) is 5.82 Å². The van der Waals surface area contributed by atoms with E-state index < -0.39 is 11.8 Å². The number of ether oxygens (including phenoxy) is 1. The van der Waals surface area contributed by atoms with Gasteiger partial charge >= 0.3 is 5.97 Å². The molecule has 1 aliphatic rings. The molecule has 2 N–H and O–H groups in total. The lowest BCUT2D eigenvalue weighted by Gasteiger charge is -2.08. The summed E-state index contributed by atoms with van der Waals surface area (Å²) in [5, 5.41) is 3.93. The summed E-state index contributed by atoms with van der Waals surface area (Å²) in [6.45, 7) is 3.08. The minimum atomic E-state index is -0.546. The number of methoxy groups -OCH3 is 1. The van der Waals surface area contributed by atoms with E-state index >= 15 is 0 Å². The number of aromatic amines is 1. The number of H-pyrrole nitrogens is 1. The lowest BCUT2D eigenvalue weighted by molar-refractivity contribution is 0.0602. The van der Waals surface area contributed by atoms with Crippen LogP contribution in [0.3, 0.4) is 0 Å². The fourth-order valence-corrected chi connectivity index (χ4v) is 2.85. The number of esters is 1. The second-order valence-electron chi connectivity index (χ2n) is 5.96. The maximum absolute atomic E-state index is 13.8. The van der Waals surface area contributed by atoms with Crippen LogP contribution in [0.5, 0.6) is 0 Å². The number of allylic oxidation sites excluding steroid dienone is 5. The predicted octanol–water partition coefficient (Wildman–Crippen LogP) is 4.32. The molecule has 0 aliphatic heterocycles. The van der Waals surface area contributed by atoms with Crippen LogP contribution in [0.2, 0.25) is 0 Å². The number of halogens is 1. The average molecular weight is 340 g/mol. The van der Waals surface area contributed by atoms with E-state index in [0.29, 0.717) is 10.9 Å².